The van der Waals surface area contributed by atoms with Gasteiger partial charge in [-0.15, -0.1) is 0 Å². The number of carbonyl (C=O) groups is 3. The maximum absolute atomic E-state index is 13.2. The van der Waals surface area contributed by atoms with Crippen LogP contribution < -0.4 is 20.7 Å². The minimum absolute atomic E-state index is 0.137. The molecule has 0 spiro atoms. The van der Waals surface area contributed by atoms with E-state index < -0.39 is 17.5 Å². The number of hydrogen-bond acceptors (Lipinski definition) is 9. The first-order chi connectivity index (χ1) is 17.8. The molecule has 12 heteroatoms. The van der Waals surface area contributed by atoms with Crippen molar-refractivity contribution in [3.8, 4) is 5.75 Å². The first-order valence-electron chi connectivity index (χ1n) is 11.5. The van der Waals surface area contributed by atoms with Gasteiger partial charge in [-0.25, -0.2) is 9.78 Å². The number of aryl methyl sites for hydroxylation is 1. The third-order valence-electron chi connectivity index (χ3n) is 6.76. The van der Waals surface area contributed by atoms with E-state index in [-0.39, 0.29) is 24.8 Å². The summed E-state index contributed by atoms with van der Waals surface area (Å²) >= 11 is 0. The number of furan rings is 1. The Bertz CT molecular complexity index is 1610. The van der Waals surface area contributed by atoms with Crippen molar-refractivity contribution in [1.82, 2.24) is 25.7 Å². The van der Waals surface area contributed by atoms with E-state index in [4.69, 9.17) is 13.7 Å². The molecule has 1 saturated heterocycles. The van der Waals surface area contributed by atoms with Gasteiger partial charge < -0.3 is 29.2 Å². The van der Waals surface area contributed by atoms with E-state index in [1.54, 1.807) is 30.3 Å². The molecule has 0 bridgehead atoms. The van der Waals surface area contributed by atoms with Crippen molar-refractivity contribution >= 4 is 40.6 Å². The predicted octanol–water partition coefficient (Wildman–Crippen LogP) is 2.88. The van der Waals surface area contributed by atoms with Crippen LogP contribution in [-0.2, 0) is 16.9 Å². The molecule has 1 aromatic carbocycles. The molecular formula is C25H22N6O6. The van der Waals surface area contributed by atoms with Crippen LogP contribution >= 0.6 is 0 Å². The second-order valence-corrected chi connectivity index (χ2v) is 9.04. The third kappa shape index (κ3) is 3.56. The Labute approximate surface area is 209 Å². The summed E-state index contributed by atoms with van der Waals surface area (Å²) in [5, 5.41) is 12.0. The number of rotatable bonds is 6. The van der Waals surface area contributed by atoms with Gasteiger partial charge >= 0.3 is 6.03 Å². The summed E-state index contributed by atoms with van der Waals surface area (Å²) < 4.78 is 16.5. The number of nitrogens with zero attached hydrogens (tertiary/aromatic N) is 3. The van der Waals surface area contributed by atoms with Crippen LogP contribution in [0.5, 0.6) is 5.75 Å². The quantitative estimate of drug-likeness (QED) is 0.338. The fraction of sp³-hybridized carbons (Fsp3) is 0.240. The molecule has 6 rings (SSSR count). The molecule has 4 amide bonds. The third-order valence-corrected chi connectivity index (χ3v) is 6.76. The van der Waals surface area contributed by atoms with E-state index in [0.29, 0.717) is 34.1 Å². The number of fused-ring (bicyclic) bond motifs is 2. The Morgan fingerprint density at radius 1 is 1.16 bits per heavy atom. The topological polar surface area (TPSA) is 152 Å². The Hall–Kier alpha value is -4.87. The van der Waals surface area contributed by atoms with Gasteiger partial charge in [0.2, 0.25) is 5.88 Å². The van der Waals surface area contributed by atoms with E-state index >= 15 is 0 Å². The SMILES string of the molecule is COc1ccc2c(c1)C(=O)N(CC1(c3cc4nc(Nc5onc(C)c5C)ccc4o3)NC(=O)NC1=O)C2. The number of hydrogen-bond donors (Lipinski definition) is 3. The lowest BCUT2D eigenvalue weighted by atomic mass is 9.95. The van der Waals surface area contributed by atoms with Crippen molar-refractivity contribution < 1.29 is 28.1 Å². The summed E-state index contributed by atoms with van der Waals surface area (Å²) in [4.78, 5) is 44.6. The fourth-order valence-electron chi connectivity index (χ4n) is 4.59. The average Bonchev–Trinajstić information content (AvgIpc) is 3.61. The molecule has 2 aliphatic rings. The number of aromatic nitrogens is 2. The fourth-order valence-corrected chi connectivity index (χ4v) is 4.59. The summed E-state index contributed by atoms with van der Waals surface area (Å²) in [7, 11) is 1.52. The predicted molar refractivity (Wildman–Crippen MR) is 129 cm³/mol. The highest BCUT2D eigenvalue weighted by Crippen LogP contribution is 2.35. The number of methoxy groups -OCH3 is 1. The summed E-state index contributed by atoms with van der Waals surface area (Å²) in [5.74, 6) is 0.759. The molecule has 4 aromatic rings. The molecule has 188 valence electrons. The van der Waals surface area contributed by atoms with Gasteiger partial charge in [-0.1, -0.05) is 11.2 Å². The number of urea groups is 1. The van der Waals surface area contributed by atoms with Crippen molar-refractivity contribution in [2.45, 2.75) is 25.9 Å². The standard InChI is InChI=1S/C25H22N6O6/c1-12-13(2)30-37-21(12)27-20-7-6-18-17(26-20)9-19(36-18)25(23(33)28-24(34)29-25)11-31-10-14-4-5-15(35-3)8-16(14)22(31)32/h4-9H,10-11H2,1-3H3,(H,26,27)(H2,28,29,33,34). The number of imide groups is 1. The summed E-state index contributed by atoms with van der Waals surface area (Å²) in [6.07, 6.45) is 0. The zero-order valence-electron chi connectivity index (χ0n) is 20.2. The summed E-state index contributed by atoms with van der Waals surface area (Å²) in [6, 6.07) is 9.54. The second-order valence-electron chi connectivity index (χ2n) is 9.04. The van der Waals surface area contributed by atoms with Crippen molar-refractivity contribution in [3.63, 3.8) is 0 Å². The first kappa shape index (κ1) is 22.6. The zero-order chi connectivity index (χ0) is 25.9. The molecule has 3 N–H and O–H groups in total. The van der Waals surface area contributed by atoms with Crippen LogP contribution in [-0.4, -0.2) is 46.5 Å². The van der Waals surface area contributed by atoms with E-state index in [2.05, 4.69) is 26.1 Å². The lowest BCUT2D eigenvalue weighted by molar-refractivity contribution is -0.125. The lowest BCUT2D eigenvalue weighted by Gasteiger charge is -2.28. The molecule has 1 fully saturated rings. The van der Waals surface area contributed by atoms with Crippen molar-refractivity contribution in [2.24, 2.45) is 0 Å². The van der Waals surface area contributed by atoms with Crippen LogP contribution in [0, 0.1) is 13.8 Å². The van der Waals surface area contributed by atoms with Crippen LogP contribution in [0.2, 0.25) is 0 Å². The molecule has 12 nitrogen and oxygen atoms in total. The van der Waals surface area contributed by atoms with Crippen molar-refractivity contribution in [2.75, 3.05) is 19.0 Å². The Kier molecular flexibility index (Phi) is 4.93. The molecule has 0 radical (unpaired) electrons. The molecule has 1 unspecified atom stereocenters. The van der Waals surface area contributed by atoms with Gasteiger partial charge in [-0.3, -0.25) is 14.9 Å². The highest BCUT2D eigenvalue weighted by Gasteiger charge is 2.53. The van der Waals surface area contributed by atoms with Gasteiger partial charge in [0, 0.05) is 23.7 Å². The number of benzene rings is 1. The number of carbonyl (C=O) groups excluding carboxylic acids is 3. The van der Waals surface area contributed by atoms with E-state index in [9.17, 15) is 14.4 Å². The van der Waals surface area contributed by atoms with E-state index in [1.807, 2.05) is 19.9 Å². The second kappa shape index (κ2) is 8.08. The Balaban J connectivity index is 1.34. The molecular weight excluding hydrogens is 480 g/mol. The molecule has 0 saturated carbocycles. The minimum atomic E-state index is -1.63. The van der Waals surface area contributed by atoms with Crippen LogP contribution in [0.1, 0.15) is 32.9 Å². The van der Waals surface area contributed by atoms with Crippen LogP contribution in [0.4, 0.5) is 16.5 Å². The molecule has 0 aliphatic carbocycles. The normalized spacial score (nSPS) is 18.8. The van der Waals surface area contributed by atoms with Gasteiger partial charge in [0.05, 0.1) is 19.3 Å². The molecule has 37 heavy (non-hydrogen) atoms. The average molecular weight is 502 g/mol. The monoisotopic (exact) mass is 502 g/mol. The van der Waals surface area contributed by atoms with Gasteiger partial charge in [0.1, 0.15) is 22.8 Å². The van der Waals surface area contributed by atoms with Gasteiger partial charge in [0.15, 0.2) is 11.1 Å². The molecule has 2 aliphatic heterocycles. The number of nitrogens with one attached hydrogen (secondary N) is 3. The lowest BCUT2D eigenvalue weighted by Crippen LogP contribution is -2.52. The maximum atomic E-state index is 13.2. The first-order valence-corrected chi connectivity index (χ1v) is 11.5. The van der Waals surface area contributed by atoms with Crippen molar-refractivity contribution in [1.29, 1.82) is 0 Å². The number of pyridine rings is 1. The summed E-state index contributed by atoms with van der Waals surface area (Å²) in [5.41, 5.74) is 2.11. The van der Waals surface area contributed by atoms with Gasteiger partial charge in [-0.05, 0) is 43.7 Å². The van der Waals surface area contributed by atoms with Crippen LogP contribution in [0.3, 0.4) is 0 Å². The number of amides is 4. The number of anilines is 2. The molecule has 3 aromatic heterocycles. The zero-order valence-corrected chi connectivity index (χ0v) is 20.2. The number of ether oxygens (including phenoxy) is 1. The Morgan fingerprint density at radius 3 is 2.70 bits per heavy atom. The molecule has 5 heterocycles. The highest BCUT2D eigenvalue weighted by atomic mass is 16.5. The minimum Gasteiger partial charge on any atom is -0.497 e. The van der Waals surface area contributed by atoms with Gasteiger partial charge in [-0.2, -0.15) is 0 Å². The van der Waals surface area contributed by atoms with Crippen molar-refractivity contribution in [3.05, 3.63) is 64.5 Å². The van der Waals surface area contributed by atoms with E-state index in [0.717, 1.165) is 16.8 Å². The smallest absolute Gasteiger partial charge is 0.322 e. The summed E-state index contributed by atoms with van der Waals surface area (Å²) in [6.45, 7) is 3.85. The van der Waals surface area contributed by atoms with Gasteiger partial charge in [0.25, 0.3) is 11.8 Å². The largest absolute Gasteiger partial charge is 0.497 e. The maximum Gasteiger partial charge on any atom is 0.322 e. The van der Waals surface area contributed by atoms with E-state index in [1.165, 1.54) is 12.0 Å². The van der Waals surface area contributed by atoms with Crippen LogP contribution in [0.25, 0.3) is 11.1 Å². The van der Waals surface area contributed by atoms with Crippen LogP contribution in [0.15, 0.2) is 45.3 Å². The Morgan fingerprint density at radius 2 is 2.00 bits per heavy atom. The highest BCUT2D eigenvalue weighted by molar-refractivity contribution is 6.08. The molecule has 1 atom stereocenters.